The van der Waals surface area contributed by atoms with Gasteiger partial charge in [0.25, 0.3) is 0 Å². The molecular weight excluding hydrogens is 354 g/mol. The van der Waals surface area contributed by atoms with Crippen LogP contribution in [0, 0.1) is 0 Å². The molecule has 0 saturated carbocycles. The van der Waals surface area contributed by atoms with E-state index < -0.39 is 0 Å². The van der Waals surface area contributed by atoms with E-state index >= 15 is 0 Å². The number of halogens is 1. The average Bonchev–Trinajstić information content (AvgIpc) is 3.07. The maximum Gasteiger partial charge on any atom is 0.164 e. The molecule has 0 aromatic carbocycles. The van der Waals surface area contributed by atoms with Crippen LogP contribution in [0.25, 0.3) is 10.9 Å². The van der Waals surface area contributed by atoms with Crippen LogP contribution >= 0.6 is 11.6 Å². The minimum absolute atomic E-state index is 0.339. The van der Waals surface area contributed by atoms with E-state index in [-0.39, 0.29) is 0 Å². The lowest BCUT2D eigenvalue weighted by molar-refractivity contribution is 0.0675. The van der Waals surface area contributed by atoms with Crippen LogP contribution in [-0.2, 0) is 4.74 Å². The van der Waals surface area contributed by atoms with Gasteiger partial charge in [-0.1, -0.05) is 11.6 Å². The molecule has 2 aliphatic heterocycles. The molecule has 0 atom stereocenters. The van der Waals surface area contributed by atoms with Crippen molar-refractivity contribution in [3.8, 4) is 5.75 Å². The number of hydrogen-bond acceptors (Lipinski definition) is 6. The molecular formula is C18H18ClN5O2. The van der Waals surface area contributed by atoms with Crippen LogP contribution in [0.3, 0.4) is 0 Å². The Balaban J connectivity index is 1.64. The highest BCUT2D eigenvalue weighted by Crippen LogP contribution is 2.40. The lowest BCUT2D eigenvalue weighted by Gasteiger charge is -2.29. The fourth-order valence-electron chi connectivity index (χ4n) is 3.69. The topological polar surface area (TPSA) is 65.3 Å². The Morgan fingerprint density at radius 1 is 1.15 bits per heavy atom. The van der Waals surface area contributed by atoms with Crippen molar-refractivity contribution in [2.45, 2.75) is 18.9 Å². The molecule has 0 bridgehead atoms. The molecule has 3 aromatic rings. The molecule has 7 nitrogen and oxygen atoms in total. The molecule has 1 fully saturated rings. The van der Waals surface area contributed by atoms with Crippen molar-refractivity contribution in [1.29, 1.82) is 0 Å². The number of anilines is 2. The highest BCUT2D eigenvalue weighted by Gasteiger charge is 2.27. The van der Waals surface area contributed by atoms with E-state index in [1.165, 1.54) is 0 Å². The number of hydrogen-bond donors (Lipinski definition) is 0. The van der Waals surface area contributed by atoms with E-state index in [1.54, 1.807) is 12.3 Å². The van der Waals surface area contributed by atoms with Gasteiger partial charge in [0.2, 0.25) is 0 Å². The van der Waals surface area contributed by atoms with Gasteiger partial charge in [0.15, 0.2) is 5.82 Å². The van der Waals surface area contributed by atoms with Crippen LogP contribution in [0.5, 0.6) is 5.75 Å². The Labute approximate surface area is 155 Å². The monoisotopic (exact) mass is 371 g/mol. The summed E-state index contributed by atoms with van der Waals surface area (Å²) in [4.78, 5) is 10.7. The van der Waals surface area contributed by atoms with Crippen molar-refractivity contribution in [2.75, 3.05) is 31.3 Å². The minimum atomic E-state index is 0.339. The van der Waals surface area contributed by atoms with Crippen LogP contribution in [0.1, 0.15) is 18.9 Å². The van der Waals surface area contributed by atoms with Gasteiger partial charge in [-0.15, -0.1) is 0 Å². The molecule has 26 heavy (non-hydrogen) atoms. The smallest absolute Gasteiger partial charge is 0.164 e. The number of pyridine rings is 2. The third kappa shape index (κ3) is 2.59. The molecule has 2 aliphatic rings. The van der Waals surface area contributed by atoms with Crippen molar-refractivity contribution < 1.29 is 9.47 Å². The maximum absolute atomic E-state index is 6.02. The largest absolute Gasteiger partial charge is 0.489 e. The first-order chi connectivity index (χ1) is 12.8. The first-order valence-electron chi connectivity index (χ1n) is 8.77. The summed E-state index contributed by atoms with van der Waals surface area (Å²) < 4.78 is 13.4. The van der Waals surface area contributed by atoms with E-state index in [0.29, 0.717) is 24.3 Å². The van der Waals surface area contributed by atoms with Gasteiger partial charge in [0.05, 0.1) is 29.7 Å². The van der Waals surface area contributed by atoms with Crippen molar-refractivity contribution >= 4 is 34.0 Å². The molecule has 134 valence electrons. The highest BCUT2D eigenvalue weighted by atomic mass is 35.5. The van der Waals surface area contributed by atoms with E-state index in [9.17, 15) is 0 Å². The van der Waals surface area contributed by atoms with Gasteiger partial charge in [-0.05, 0) is 18.9 Å². The highest BCUT2D eigenvalue weighted by molar-refractivity contribution is 6.29. The third-order valence-corrected chi connectivity index (χ3v) is 5.16. The quantitative estimate of drug-likeness (QED) is 0.643. The second kappa shape index (κ2) is 6.41. The molecule has 3 aromatic heterocycles. The molecule has 1 saturated heterocycles. The summed E-state index contributed by atoms with van der Waals surface area (Å²) in [5.74, 6) is 1.61. The Morgan fingerprint density at radius 2 is 2.04 bits per heavy atom. The number of fused-ring (bicyclic) bond motifs is 2. The molecule has 5 rings (SSSR count). The standard InChI is InChI=1S/C18H18ClN5O2/c19-17-9-16-15(11-21-17)23(5-8-26-16)18-13-10-20-4-1-14(13)24(22-18)12-2-6-25-7-3-12/h1,4,9-12H,2-3,5-8H2. The Morgan fingerprint density at radius 3 is 2.92 bits per heavy atom. The Bertz CT molecular complexity index is 954. The second-order valence-electron chi connectivity index (χ2n) is 6.48. The van der Waals surface area contributed by atoms with Crippen LogP contribution < -0.4 is 9.64 Å². The van der Waals surface area contributed by atoms with Crippen LogP contribution in [0.15, 0.2) is 30.7 Å². The van der Waals surface area contributed by atoms with Crippen molar-refractivity contribution in [3.05, 3.63) is 35.9 Å². The summed E-state index contributed by atoms with van der Waals surface area (Å²) in [6, 6.07) is 4.12. The van der Waals surface area contributed by atoms with Crippen LogP contribution in [0.2, 0.25) is 5.15 Å². The van der Waals surface area contributed by atoms with Crippen molar-refractivity contribution in [1.82, 2.24) is 19.7 Å². The van der Waals surface area contributed by atoms with Gasteiger partial charge in [-0.25, -0.2) is 4.98 Å². The second-order valence-corrected chi connectivity index (χ2v) is 6.87. The number of nitrogens with zero attached hydrogens (tertiary/aromatic N) is 5. The third-order valence-electron chi connectivity index (χ3n) is 4.96. The van der Waals surface area contributed by atoms with Gasteiger partial charge in [0.1, 0.15) is 23.2 Å². The number of ether oxygens (including phenoxy) is 2. The summed E-state index contributed by atoms with van der Waals surface area (Å²) in [7, 11) is 0. The first-order valence-corrected chi connectivity index (χ1v) is 9.15. The molecule has 0 amide bonds. The van der Waals surface area contributed by atoms with E-state index in [4.69, 9.17) is 26.2 Å². The minimum Gasteiger partial charge on any atom is -0.489 e. The maximum atomic E-state index is 6.02. The molecule has 0 spiro atoms. The Kier molecular flexibility index (Phi) is 3.90. The summed E-state index contributed by atoms with van der Waals surface area (Å²) in [6.07, 6.45) is 7.38. The fourth-order valence-corrected chi connectivity index (χ4v) is 3.84. The van der Waals surface area contributed by atoms with Crippen molar-refractivity contribution in [2.24, 2.45) is 0 Å². The molecule has 0 radical (unpaired) electrons. The fraction of sp³-hybridized carbons (Fsp3) is 0.389. The molecule has 0 N–H and O–H groups in total. The average molecular weight is 372 g/mol. The van der Waals surface area contributed by atoms with Gasteiger partial charge < -0.3 is 14.4 Å². The predicted octanol–water partition coefficient (Wildman–Crippen LogP) is 3.36. The lowest BCUT2D eigenvalue weighted by atomic mass is 10.1. The molecule has 8 heteroatoms. The predicted molar refractivity (Wildman–Crippen MR) is 98.4 cm³/mol. The Hall–Kier alpha value is -2.38. The molecule has 5 heterocycles. The van der Waals surface area contributed by atoms with E-state index in [0.717, 1.165) is 54.2 Å². The summed E-state index contributed by atoms with van der Waals surface area (Å²) in [6.45, 7) is 2.81. The van der Waals surface area contributed by atoms with Gasteiger partial charge in [-0.2, -0.15) is 5.10 Å². The van der Waals surface area contributed by atoms with Crippen molar-refractivity contribution in [3.63, 3.8) is 0 Å². The summed E-state index contributed by atoms with van der Waals surface area (Å²) in [5.41, 5.74) is 1.97. The molecule has 0 unspecified atom stereocenters. The summed E-state index contributed by atoms with van der Waals surface area (Å²) in [5, 5.41) is 6.44. The SMILES string of the molecule is Clc1cc2c(cn1)N(c1nn(C3CCOCC3)c3ccncc13)CCO2. The van der Waals surface area contributed by atoms with Gasteiger partial charge >= 0.3 is 0 Å². The molecule has 0 aliphatic carbocycles. The zero-order valence-corrected chi connectivity index (χ0v) is 14.9. The van der Waals surface area contributed by atoms with Gasteiger partial charge in [-0.3, -0.25) is 9.67 Å². The van der Waals surface area contributed by atoms with E-state index in [1.807, 2.05) is 18.5 Å². The normalized spacial score (nSPS) is 18.0. The number of rotatable bonds is 2. The lowest BCUT2D eigenvalue weighted by Crippen LogP contribution is -2.29. The zero-order chi connectivity index (χ0) is 17.5. The van der Waals surface area contributed by atoms with Gasteiger partial charge in [0, 0.05) is 31.7 Å². The first kappa shape index (κ1) is 15.8. The van der Waals surface area contributed by atoms with Crippen LogP contribution in [0.4, 0.5) is 11.5 Å². The summed E-state index contributed by atoms with van der Waals surface area (Å²) >= 11 is 6.02. The number of aromatic nitrogens is 4. The van der Waals surface area contributed by atoms with E-state index in [2.05, 4.69) is 19.5 Å². The van der Waals surface area contributed by atoms with Crippen LogP contribution in [-0.4, -0.2) is 46.1 Å². The zero-order valence-electron chi connectivity index (χ0n) is 14.1.